The van der Waals surface area contributed by atoms with Crippen LogP contribution >= 0.6 is 23.2 Å². The van der Waals surface area contributed by atoms with Crippen molar-refractivity contribution in [2.75, 3.05) is 0 Å². The Morgan fingerprint density at radius 2 is 1.31 bits per heavy atom. The van der Waals surface area contributed by atoms with Crippen molar-refractivity contribution in [3.63, 3.8) is 0 Å². The molecule has 0 aromatic heterocycles. The molecule has 4 atom stereocenters. The number of carbonyl (C=O) groups is 4. The largest absolute Gasteiger partial charge is 0.278 e. The lowest BCUT2D eigenvalue weighted by atomic mass is 9.71. The van der Waals surface area contributed by atoms with Crippen molar-refractivity contribution in [2.45, 2.75) is 32.9 Å². The van der Waals surface area contributed by atoms with E-state index in [0.29, 0.717) is 27.6 Å². The fraction of sp³-hybridized carbons (Fsp3) is 0.333. The SMILES string of the molecule is CC1=C[C@H]([C@H]2CC(=O)N(Cc3ccccc3Cl)C2=O)C[C@@H]2C(=O)N(Cc3ccccc3Cl)C(=O)[C@@H]12. The van der Waals surface area contributed by atoms with E-state index in [-0.39, 0.29) is 49.1 Å². The van der Waals surface area contributed by atoms with E-state index in [0.717, 1.165) is 5.57 Å². The first kappa shape index (κ1) is 23.8. The van der Waals surface area contributed by atoms with Crippen LogP contribution in [0.25, 0.3) is 0 Å². The molecule has 2 heterocycles. The van der Waals surface area contributed by atoms with E-state index in [1.807, 2.05) is 25.1 Å². The van der Waals surface area contributed by atoms with Gasteiger partial charge in [-0.3, -0.25) is 29.0 Å². The minimum Gasteiger partial charge on any atom is -0.278 e. The van der Waals surface area contributed by atoms with Gasteiger partial charge in [-0.15, -0.1) is 0 Å². The standard InChI is InChI=1S/C27H24Cl2N2O4/c1-15-10-18(19-12-23(32)30(25(19)33)13-16-6-2-4-8-21(16)28)11-20-24(15)27(35)31(26(20)34)14-17-7-3-5-9-22(17)29/h2-10,18-20,24H,11-14H2,1H3/t18-,19+,20-,24-/m0/s1. The number of rotatable bonds is 5. The van der Waals surface area contributed by atoms with Crippen molar-refractivity contribution in [1.82, 2.24) is 9.80 Å². The van der Waals surface area contributed by atoms with Crippen molar-refractivity contribution in [2.24, 2.45) is 23.7 Å². The van der Waals surface area contributed by atoms with Crippen LogP contribution < -0.4 is 0 Å². The van der Waals surface area contributed by atoms with Crippen LogP contribution in [0.2, 0.25) is 10.0 Å². The molecule has 5 rings (SSSR count). The molecule has 0 saturated carbocycles. The lowest BCUT2D eigenvalue weighted by Crippen LogP contribution is -2.34. The second-order valence-electron chi connectivity index (χ2n) is 9.47. The summed E-state index contributed by atoms with van der Waals surface area (Å²) in [4.78, 5) is 55.1. The van der Waals surface area contributed by atoms with Crippen LogP contribution in [-0.2, 0) is 32.3 Å². The second-order valence-corrected chi connectivity index (χ2v) is 10.3. The van der Waals surface area contributed by atoms with E-state index >= 15 is 0 Å². The summed E-state index contributed by atoms with van der Waals surface area (Å²) in [7, 11) is 0. The highest BCUT2D eigenvalue weighted by molar-refractivity contribution is 6.31. The summed E-state index contributed by atoms with van der Waals surface area (Å²) in [6, 6.07) is 14.3. The van der Waals surface area contributed by atoms with Gasteiger partial charge in [-0.25, -0.2) is 0 Å². The molecule has 0 spiro atoms. The number of allylic oxidation sites excluding steroid dienone is 1. The predicted octanol–water partition coefficient (Wildman–Crippen LogP) is 4.64. The maximum Gasteiger partial charge on any atom is 0.237 e. The Balaban J connectivity index is 1.34. The summed E-state index contributed by atoms with van der Waals surface area (Å²) >= 11 is 12.5. The normalized spacial score (nSPS) is 26.4. The first-order valence-corrected chi connectivity index (χ1v) is 12.4. The van der Waals surface area contributed by atoms with Gasteiger partial charge < -0.3 is 0 Å². The van der Waals surface area contributed by atoms with Crippen LogP contribution in [-0.4, -0.2) is 33.4 Å². The first-order chi connectivity index (χ1) is 16.8. The van der Waals surface area contributed by atoms with E-state index in [9.17, 15) is 19.2 Å². The number of hydrogen-bond donors (Lipinski definition) is 0. The van der Waals surface area contributed by atoms with Gasteiger partial charge in [-0.05, 0) is 42.5 Å². The van der Waals surface area contributed by atoms with E-state index in [2.05, 4.69) is 0 Å². The van der Waals surface area contributed by atoms with Gasteiger partial charge in [-0.1, -0.05) is 71.2 Å². The molecular weight excluding hydrogens is 487 g/mol. The minimum atomic E-state index is -0.554. The van der Waals surface area contributed by atoms with Crippen LogP contribution in [0.5, 0.6) is 0 Å². The number of benzene rings is 2. The molecule has 2 saturated heterocycles. The van der Waals surface area contributed by atoms with Crippen LogP contribution in [0.4, 0.5) is 0 Å². The number of imide groups is 2. The fourth-order valence-corrected chi connectivity index (χ4v) is 5.97. The Hall–Kier alpha value is -2.96. The Labute approximate surface area is 213 Å². The zero-order valence-corrected chi connectivity index (χ0v) is 20.6. The molecule has 2 aliphatic heterocycles. The van der Waals surface area contributed by atoms with Gasteiger partial charge in [0.25, 0.3) is 0 Å². The molecule has 0 N–H and O–H groups in total. The summed E-state index contributed by atoms with van der Waals surface area (Å²) in [5.74, 6) is -2.91. The molecule has 8 heteroatoms. The van der Waals surface area contributed by atoms with Crippen molar-refractivity contribution in [3.05, 3.63) is 81.4 Å². The lowest BCUT2D eigenvalue weighted by molar-refractivity contribution is -0.142. The third-order valence-electron chi connectivity index (χ3n) is 7.38. The number of carbonyl (C=O) groups excluding carboxylic acids is 4. The van der Waals surface area contributed by atoms with Crippen molar-refractivity contribution >= 4 is 46.8 Å². The Morgan fingerprint density at radius 1 is 0.771 bits per heavy atom. The van der Waals surface area contributed by atoms with Crippen molar-refractivity contribution in [3.8, 4) is 0 Å². The number of hydrogen-bond acceptors (Lipinski definition) is 4. The number of fused-ring (bicyclic) bond motifs is 1. The highest BCUT2D eigenvalue weighted by atomic mass is 35.5. The van der Waals surface area contributed by atoms with Crippen LogP contribution in [0.15, 0.2) is 60.2 Å². The molecule has 3 aliphatic rings. The van der Waals surface area contributed by atoms with Gasteiger partial charge in [0.2, 0.25) is 23.6 Å². The van der Waals surface area contributed by atoms with Gasteiger partial charge in [-0.2, -0.15) is 0 Å². The minimum absolute atomic E-state index is 0.0839. The second kappa shape index (κ2) is 9.25. The van der Waals surface area contributed by atoms with Crippen LogP contribution in [0.1, 0.15) is 30.9 Å². The molecular formula is C27H24Cl2N2O4. The van der Waals surface area contributed by atoms with E-state index in [1.165, 1.54) is 9.80 Å². The Kier molecular flexibility index (Phi) is 6.28. The molecule has 1 aliphatic carbocycles. The zero-order valence-electron chi connectivity index (χ0n) is 19.1. The van der Waals surface area contributed by atoms with Gasteiger partial charge >= 0.3 is 0 Å². The molecule has 0 unspecified atom stereocenters. The molecule has 2 aromatic rings. The summed E-state index contributed by atoms with van der Waals surface area (Å²) < 4.78 is 0. The van der Waals surface area contributed by atoms with Crippen LogP contribution in [0.3, 0.4) is 0 Å². The average molecular weight is 511 g/mol. The molecule has 0 radical (unpaired) electrons. The predicted molar refractivity (Wildman–Crippen MR) is 131 cm³/mol. The summed E-state index contributed by atoms with van der Waals surface area (Å²) in [6.07, 6.45) is 2.36. The summed E-state index contributed by atoms with van der Waals surface area (Å²) in [6.45, 7) is 2.07. The maximum absolute atomic E-state index is 13.3. The highest BCUT2D eigenvalue weighted by Gasteiger charge is 2.53. The number of halogens is 2. The van der Waals surface area contributed by atoms with Crippen LogP contribution in [0, 0.1) is 23.7 Å². The third kappa shape index (κ3) is 4.19. The topological polar surface area (TPSA) is 74.8 Å². The molecule has 35 heavy (non-hydrogen) atoms. The van der Waals surface area contributed by atoms with Gasteiger partial charge in [0, 0.05) is 16.5 Å². The van der Waals surface area contributed by atoms with Gasteiger partial charge in [0.05, 0.1) is 30.8 Å². The molecule has 6 nitrogen and oxygen atoms in total. The van der Waals surface area contributed by atoms with E-state index in [4.69, 9.17) is 23.2 Å². The van der Waals surface area contributed by atoms with Crippen molar-refractivity contribution < 1.29 is 19.2 Å². The molecule has 0 bridgehead atoms. The summed E-state index contributed by atoms with van der Waals surface area (Å²) in [5, 5.41) is 1.00. The number of likely N-dealkylation sites (tertiary alicyclic amines) is 2. The third-order valence-corrected chi connectivity index (χ3v) is 8.12. The van der Waals surface area contributed by atoms with E-state index < -0.39 is 17.8 Å². The highest BCUT2D eigenvalue weighted by Crippen LogP contribution is 2.45. The quantitative estimate of drug-likeness (QED) is 0.433. The number of amides is 4. The van der Waals surface area contributed by atoms with E-state index in [1.54, 1.807) is 36.4 Å². The number of nitrogens with zero attached hydrogens (tertiary/aromatic N) is 2. The fourth-order valence-electron chi connectivity index (χ4n) is 5.58. The average Bonchev–Trinajstić information content (AvgIpc) is 3.24. The Bertz CT molecular complexity index is 1270. The molecule has 4 amide bonds. The summed E-state index contributed by atoms with van der Waals surface area (Å²) in [5.41, 5.74) is 2.19. The smallest absolute Gasteiger partial charge is 0.237 e. The molecule has 2 fully saturated rings. The maximum atomic E-state index is 13.3. The monoisotopic (exact) mass is 510 g/mol. The zero-order chi connectivity index (χ0) is 24.9. The lowest BCUT2D eigenvalue weighted by Gasteiger charge is -2.29. The Morgan fingerprint density at radius 3 is 1.91 bits per heavy atom. The molecule has 2 aromatic carbocycles. The molecule has 180 valence electrons. The van der Waals surface area contributed by atoms with Crippen molar-refractivity contribution in [1.29, 1.82) is 0 Å². The first-order valence-electron chi connectivity index (χ1n) is 11.6. The van der Waals surface area contributed by atoms with Gasteiger partial charge in [0.1, 0.15) is 0 Å². The van der Waals surface area contributed by atoms with Gasteiger partial charge in [0.15, 0.2) is 0 Å².